The summed E-state index contributed by atoms with van der Waals surface area (Å²) < 4.78 is 18.4. The van der Waals surface area contributed by atoms with Crippen LogP contribution in [0.5, 0.6) is 5.75 Å². The zero-order valence-electron chi connectivity index (χ0n) is 11.2. The quantitative estimate of drug-likeness (QED) is 0.909. The Labute approximate surface area is 117 Å². The molecule has 0 aromatic heterocycles. The summed E-state index contributed by atoms with van der Waals surface area (Å²) in [5.74, 6) is -0.287. The molecule has 3 nitrogen and oxygen atoms in total. The van der Waals surface area contributed by atoms with Crippen LogP contribution < -0.4 is 10.1 Å². The molecule has 1 amide bonds. The van der Waals surface area contributed by atoms with Crippen molar-refractivity contribution in [2.24, 2.45) is 0 Å². The number of benzene rings is 2. The molecule has 0 saturated carbocycles. The third-order valence-electron chi connectivity index (χ3n) is 2.79. The number of nitrogens with one attached hydrogen (secondary N) is 1. The SMILES string of the molecule is CC(Oc1cccc(F)c1)C(=O)NCc1ccccc1. The number of hydrogen-bond acceptors (Lipinski definition) is 2. The fraction of sp³-hybridized carbons (Fsp3) is 0.188. The van der Waals surface area contributed by atoms with Gasteiger partial charge in [0.2, 0.25) is 0 Å². The minimum atomic E-state index is -0.680. The summed E-state index contributed by atoms with van der Waals surface area (Å²) >= 11 is 0. The van der Waals surface area contributed by atoms with E-state index in [1.165, 1.54) is 12.1 Å². The fourth-order valence-corrected chi connectivity index (χ4v) is 1.73. The topological polar surface area (TPSA) is 38.3 Å². The molecule has 0 saturated heterocycles. The van der Waals surface area contributed by atoms with Crippen molar-refractivity contribution in [3.05, 3.63) is 66.0 Å². The molecule has 0 radical (unpaired) electrons. The summed E-state index contributed by atoms with van der Waals surface area (Å²) in [4.78, 5) is 11.9. The maximum Gasteiger partial charge on any atom is 0.261 e. The number of ether oxygens (including phenoxy) is 1. The lowest BCUT2D eigenvalue weighted by Gasteiger charge is -2.14. The summed E-state index contributed by atoms with van der Waals surface area (Å²) in [7, 11) is 0. The molecule has 0 fully saturated rings. The van der Waals surface area contributed by atoms with Crippen molar-refractivity contribution >= 4 is 5.91 Å². The van der Waals surface area contributed by atoms with Gasteiger partial charge in [0.05, 0.1) is 0 Å². The zero-order chi connectivity index (χ0) is 14.4. The van der Waals surface area contributed by atoms with Gasteiger partial charge in [0.15, 0.2) is 6.10 Å². The van der Waals surface area contributed by atoms with E-state index in [1.54, 1.807) is 19.1 Å². The van der Waals surface area contributed by atoms with Crippen LogP contribution in [0.1, 0.15) is 12.5 Å². The summed E-state index contributed by atoms with van der Waals surface area (Å²) in [6, 6.07) is 15.3. The van der Waals surface area contributed by atoms with Crippen LogP contribution in [0.4, 0.5) is 4.39 Å². The molecule has 1 unspecified atom stereocenters. The molecule has 2 aromatic carbocycles. The second-order valence-electron chi connectivity index (χ2n) is 4.42. The molecule has 1 N–H and O–H groups in total. The Kier molecular flexibility index (Phi) is 4.71. The van der Waals surface area contributed by atoms with Crippen LogP contribution in [0.3, 0.4) is 0 Å². The molecule has 0 heterocycles. The highest BCUT2D eigenvalue weighted by atomic mass is 19.1. The Hall–Kier alpha value is -2.36. The van der Waals surface area contributed by atoms with Gasteiger partial charge < -0.3 is 10.1 Å². The lowest BCUT2D eigenvalue weighted by atomic mass is 10.2. The van der Waals surface area contributed by atoms with Crippen LogP contribution in [0.2, 0.25) is 0 Å². The lowest BCUT2D eigenvalue weighted by molar-refractivity contribution is -0.127. The van der Waals surface area contributed by atoms with Gasteiger partial charge in [-0.15, -0.1) is 0 Å². The maximum absolute atomic E-state index is 13.0. The van der Waals surface area contributed by atoms with E-state index in [-0.39, 0.29) is 11.7 Å². The van der Waals surface area contributed by atoms with E-state index >= 15 is 0 Å². The van der Waals surface area contributed by atoms with Crippen molar-refractivity contribution in [2.45, 2.75) is 19.6 Å². The fourth-order valence-electron chi connectivity index (χ4n) is 1.73. The van der Waals surface area contributed by atoms with E-state index in [4.69, 9.17) is 4.74 Å². The Bertz CT molecular complexity index is 572. The monoisotopic (exact) mass is 273 g/mol. The Morgan fingerprint density at radius 3 is 2.65 bits per heavy atom. The van der Waals surface area contributed by atoms with E-state index in [1.807, 2.05) is 30.3 Å². The molecule has 0 aliphatic carbocycles. The highest BCUT2D eigenvalue weighted by Gasteiger charge is 2.14. The van der Waals surface area contributed by atoms with Crippen molar-refractivity contribution in [1.29, 1.82) is 0 Å². The largest absolute Gasteiger partial charge is 0.481 e. The number of hydrogen-bond donors (Lipinski definition) is 1. The average Bonchev–Trinajstić information content (AvgIpc) is 2.46. The predicted octanol–water partition coefficient (Wildman–Crippen LogP) is 2.91. The molecule has 2 rings (SSSR count). The van der Waals surface area contributed by atoms with Crippen molar-refractivity contribution in [3.8, 4) is 5.75 Å². The van der Waals surface area contributed by atoms with Crippen molar-refractivity contribution in [3.63, 3.8) is 0 Å². The molecule has 0 aliphatic rings. The van der Waals surface area contributed by atoms with E-state index in [0.717, 1.165) is 5.56 Å². The van der Waals surface area contributed by atoms with Crippen molar-refractivity contribution in [1.82, 2.24) is 5.32 Å². The highest BCUT2D eigenvalue weighted by Crippen LogP contribution is 2.13. The molecular weight excluding hydrogens is 257 g/mol. The molecule has 2 aromatic rings. The number of carbonyl (C=O) groups is 1. The standard InChI is InChI=1S/C16H16FNO2/c1-12(20-15-9-5-8-14(17)10-15)16(19)18-11-13-6-3-2-4-7-13/h2-10,12H,11H2,1H3,(H,18,19). The van der Waals surface area contributed by atoms with Crippen LogP contribution in [0.25, 0.3) is 0 Å². The summed E-state index contributed by atoms with van der Waals surface area (Å²) in [6.07, 6.45) is -0.680. The predicted molar refractivity (Wildman–Crippen MR) is 74.8 cm³/mol. The van der Waals surface area contributed by atoms with Gasteiger partial charge in [0.25, 0.3) is 5.91 Å². The van der Waals surface area contributed by atoms with Crippen molar-refractivity contribution < 1.29 is 13.9 Å². The second-order valence-corrected chi connectivity index (χ2v) is 4.42. The minimum Gasteiger partial charge on any atom is -0.481 e. The van der Waals surface area contributed by atoms with E-state index in [0.29, 0.717) is 12.3 Å². The first kappa shape index (κ1) is 14.1. The van der Waals surface area contributed by atoms with Gasteiger partial charge in [-0.05, 0) is 24.6 Å². The Morgan fingerprint density at radius 1 is 1.20 bits per heavy atom. The molecule has 0 bridgehead atoms. The summed E-state index contributed by atoms with van der Waals surface area (Å²) in [5, 5.41) is 2.78. The second kappa shape index (κ2) is 6.70. The van der Waals surface area contributed by atoms with Gasteiger partial charge in [0.1, 0.15) is 11.6 Å². The number of carbonyl (C=O) groups excluding carboxylic acids is 1. The molecule has 20 heavy (non-hydrogen) atoms. The number of amides is 1. The van der Waals surface area contributed by atoms with Gasteiger partial charge in [-0.1, -0.05) is 36.4 Å². The Morgan fingerprint density at radius 2 is 1.95 bits per heavy atom. The smallest absolute Gasteiger partial charge is 0.261 e. The minimum absolute atomic E-state index is 0.238. The van der Waals surface area contributed by atoms with Crippen molar-refractivity contribution in [2.75, 3.05) is 0 Å². The molecule has 4 heteroatoms. The van der Waals surface area contributed by atoms with E-state index in [9.17, 15) is 9.18 Å². The van der Waals surface area contributed by atoms with Crippen LogP contribution >= 0.6 is 0 Å². The molecule has 1 atom stereocenters. The van der Waals surface area contributed by atoms with Crippen LogP contribution in [0, 0.1) is 5.82 Å². The van der Waals surface area contributed by atoms with Crippen LogP contribution in [-0.4, -0.2) is 12.0 Å². The first-order chi connectivity index (χ1) is 9.65. The molecular formula is C16H16FNO2. The van der Waals surface area contributed by atoms with Gasteiger partial charge >= 0.3 is 0 Å². The molecule has 104 valence electrons. The van der Waals surface area contributed by atoms with Gasteiger partial charge in [-0.3, -0.25) is 4.79 Å². The van der Waals surface area contributed by atoms with Crippen LogP contribution in [-0.2, 0) is 11.3 Å². The van der Waals surface area contributed by atoms with Crippen LogP contribution in [0.15, 0.2) is 54.6 Å². The molecule has 0 aliphatic heterocycles. The lowest BCUT2D eigenvalue weighted by Crippen LogP contribution is -2.35. The van der Waals surface area contributed by atoms with Gasteiger partial charge in [-0.25, -0.2) is 4.39 Å². The normalized spacial score (nSPS) is 11.7. The number of halogens is 1. The average molecular weight is 273 g/mol. The number of rotatable bonds is 5. The van der Waals surface area contributed by atoms with Gasteiger partial charge in [-0.2, -0.15) is 0 Å². The highest BCUT2D eigenvalue weighted by molar-refractivity contribution is 5.80. The van der Waals surface area contributed by atoms with Gasteiger partial charge in [0, 0.05) is 12.6 Å². The Balaban J connectivity index is 1.86. The third-order valence-corrected chi connectivity index (χ3v) is 2.79. The first-order valence-electron chi connectivity index (χ1n) is 6.39. The van der Waals surface area contributed by atoms with E-state index in [2.05, 4.69) is 5.32 Å². The van der Waals surface area contributed by atoms with E-state index < -0.39 is 6.10 Å². The molecule has 0 spiro atoms. The summed E-state index contributed by atoms with van der Waals surface area (Å²) in [6.45, 7) is 2.07. The first-order valence-corrected chi connectivity index (χ1v) is 6.39. The third kappa shape index (κ3) is 4.09. The maximum atomic E-state index is 13.0. The zero-order valence-corrected chi connectivity index (χ0v) is 11.2. The summed E-state index contributed by atoms with van der Waals surface area (Å²) in [5.41, 5.74) is 1.01.